The molecule has 2 N–H and O–H groups in total. The summed E-state index contributed by atoms with van der Waals surface area (Å²) in [4.78, 5) is 4.42. The number of nitrogens with zero attached hydrogens (tertiary/aromatic N) is 1. The van der Waals surface area contributed by atoms with E-state index in [1.165, 1.54) is 11.3 Å². The largest absolute Gasteiger partial charge is 0.313 e. The number of thiazole rings is 1. The summed E-state index contributed by atoms with van der Waals surface area (Å²) in [5.41, 5.74) is 3.59. The number of sulfonamides is 1. The molecular weight excluding hydrogens is 306 g/mol. The van der Waals surface area contributed by atoms with Crippen molar-refractivity contribution in [3.8, 4) is 0 Å². The minimum Gasteiger partial charge on any atom is -0.313 e. The lowest BCUT2D eigenvalue weighted by Gasteiger charge is -2.12. The second-order valence-electron chi connectivity index (χ2n) is 4.71. The van der Waals surface area contributed by atoms with Crippen molar-refractivity contribution in [2.75, 3.05) is 13.6 Å². The molecule has 0 bridgehead atoms. The van der Waals surface area contributed by atoms with Crippen LogP contribution in [-0.2, 0) is 16.4 Å². The van der Waals surface area contributed by atoms with E-state index in [0.717, 1.165) is 11.3 Å². The molecule has 21 heavy (non-hydrogen) atoms. The van der Waals surface area contributed by atoms with Crippen LogP contribution in [0.1, 0.15) is 24.2 Å². The number of hydrogen-bond acceptors (Lipinski definition) is 5. The van der Waals surface area contributed by atoms with Crippen LogP contribution >= 0.6 is 11.3 Å². The molecule has 2 aromatic rings. The summed E-state index contributed by atoms with van der Waals surface area (Å²) in [7, 11) is -1.63. The molecule has 5 nitrogen and oxygen atoms in total. The first-order chi connectivity index (χ1) is 10.0. The fourth-order valence-corrected chi connectivity index (χ4v) is 3.55. The first kappa shape index (κ1) is 16.1. The minimum absolute atomic E-state index is 0.107. The van der Waals surface area contributed by atoms with E-state index in [2.05, 4.69) is 15.0 Å². The van der Waals surface area contributed by atoms with Crippen LogP contribution in [0.25, 0.3) is 0 Å². The highest BCUT2D eigenvalue weighted by atomic mass is 32.2. The van der Waals surface area contributed by atoms with Crippen LogP contribution in [0.3, 0.4) is 0 Å². The summed E-state index contributed by atoms with van der Waals surface area (Å²) in [5, 5.41) is 5.02. The Balaban J connectivity index is 2.05. The van der Waals surface area contributed by atoms with Gasteiger partial charge in [0.15, 0.2) is 0 Å². The quantitative estimate of drug-likeness (QED) is 0.816. The van der Waals surface area contributed by atoms with Gasteiger partial charge in [0.05, 0.1) is 16.1 Å². The fraction of sp³-hybridized carbons (Fsp3) is 0.357. The van der Waals surface area contributed by atoms with Gasteiger partial charge in [0, 0.05) is 24.4 Å². The van der Waals surface area contributed by atoms with Crippen molar-refractivity contribution in [1.29, 1.82) is 0 Å². The van der Waals surface area contributed by atoms with Gasteiger partial charge >= 0.3 is 0 Å². The number of rotatable bonds is 7. The van der Waals surface area contributed by atoms with Gasteiger partial charge in [-0.2, -0.15) is 0 Å². The molecule has 1 aromatic carbocycles. The maximum absolute atomic E-state index is 12.3. The molecule has 0 saturated carbocycles. The molecule has 1 unspecified atom stereocenters. The Bertz CT molecular complexity index is 669. The highest BCUT2D eigenvalue weighted by Gasteiger charge is 2.15. The molecule has 0 fully saturated rings. The topological polar surface area (TPSA) is 71.1 Å². The third-order valence-electron chi connectivity index (χ3n) is 3.26. The summed E-state index contributed by atoms with van der Waals surface area (Å²) >= 11 is 1.51. The Morgan fingerprint density at radius 1 is 1.38 bits per heavy atom. The van der Waals surface area contributed by atoms with E-state index < -0.39 is 10.0 Å². The van der Waals surface area contributed by atoms with Crippen LogP contribution in [0.15, 0.2) is 40.1 Å². The zero-order valence-electron chi connectivity index (χ0n) is 12.0. The van der Waals surface area contributed by atoms with Gasteiger partial charge < -0.3 is 5.32 Å². The average Bonchev–Trinajstić information content (AvgIpc) is 2.99. The normalized spacial score (nSPS) is 13.2. The molecule has 0 aliphatic carbocycles. The molecular formula is C14H19N3O2S2. The van der Waals surface area contributed by atoms with E-state index in [9.17, 15) is 8.42 Å². The van der Waals surface area contributed by atoms with Crippen molar-refractivity contribution in [3.05, 3.63) is 46.4 Å². The van der Waals surface area contributed by atoms with Crippen molar-refractivity contribution in [2.24, 2.45) is 0 Å². The highest BCUT2D eigenvalue weighted by Crippen LogP contribution is 2.17. The van der Waals surface area contributed by atoms with Gasteiger partial charge in [0.25, 0.3) is 0 Å². The Morgan fingerprint density at radius 2 is 2.19 bits per heavy atom. The van der Waals surface area contributed by atoms with E-state index in [4.69, 9.17) is 0 Å². The molecule has 7 heteroatoms. The van der Waals surface area contributed by atoms with Crippen molar-refractivity contribution >= 4 is 21.4 Å². The number of nitrogens with one attached hydrogen (secondary N) is 2. The van der Waals surface area contributed by atoms with Gasteiger partial charge in [0.1, 0.15) is 0 Å². The Kier molecular flexibility index (Phi) is 5.46. The summed E-state index contributed by atoms with van der Waals surface area (Å²) in [5.74, 6) is 0. The van der Waals surface area contributed by atoms with Gasteiger partial charge in [-0.1, -0.05) is 12.1 Å². The summed E-state index contributed by atoms with van der Waals surface area (Å²) in [6.07, 6.45) is 0.593. The van der Waals surface area contributed by atoms with Gasteiger partial charge in [-0.15, -0.1) is 11.3 Å². The van der Waals surface area contributed by atoms with E-state index in [0.29, 0.717) is 17.9 Å². The molecule has 0 aliphatic heterocycles. The second kappa shape index (κ2) is 7.13. The van der Waals surface area contributed by atoms with E-state index in [1.54, 1.807) is 23.7 Å². The molecule has 0 aliphatic rings. The first-order valence-electron chi connectivity index (χ1n) is 6.67. The van der Waals surface area contributed by atoms with Gasteiger partial charge in [-0.3, -0.25) is 0 Å². The second-order valence-corrected chi connectivity index (χ2v) is 7.20. The van der Waals surface area contributed by atoms with Crippen LogP contribution in [0, 0.1) is 0 Å². The van der Waals surface area contributed by atoms with E-state index in [1.807, 2.05) is 25.4 Å². The molecule has 0 spiro atoms. The minimum atomic E-state index is -3.48. The Morgan fingerprint density at radius 3 is 2.86 bits per heavy atom. The summed E-state index contributed by atoms with van der Waals surface area (Å²) in [6.45, 7) is 2.33. The van der Waals surface area contributed by atoms with Gasteiger partial charge in [-0.05, 0) is 31.7 Å². The molecule has 1 heterocycles. The summed E-state index contributed by atoms with van der Waals surface area (Å²) < 4.78 is 27.2. The molecule has 0 radical (unpaired) electrons. The predicted octanol–water partition coefficient (Wildman–Crippen LogP) is 1.94. The lowest BCUT2D eigenvalue weighted by molar-refractivity contribution is 0.580. The average molecular weight is 325 g/mol. The molecule has 114 valence electrons. The lowest BCUT2D eigenvalue weighted by Crippen LogP contribution is -2.26. The highest BCUT2D eigenvalue weighted by molar-refractivity contribution is 7.89. The van der Waals surface area contributed by atoms with E-state index >= 15 is 0 Å². The van der Waals surface area contributed by atoms with Crippen LogP contribution in [-0.4, -0.2) is 27.0 Å². The fourth-order valence-electron chi connectivity index (χ4n) is 1.88. The van der Waals surface area contributed by atoms with Crippen molar-refractivity contribution in [1.82, 2.24) is 15.0 Å². The third-order valence-corrected chi connectivity index (χ3v) is 5.35. The van der Waals surface area contributed by atoms with Gasteiger partial charge in [0.2, 0.25) is 10.0 Å². The zero-order valence-corrected chi connectivity index (χ0v) is 13.7. The molecule has 2 rings (SSSR count). The maximum Gasteiger partial charge on any atom is 0.240 e. The maximum atomic E-state index is 12.3. The van der Waals surface area contributed by atoms with Crippen molar-refractivity contribution in [3.63, 3.8) is 0 Å². The SMILES string of the molecule is CNC(C)c1cccc(S(=O)(=O)NCCc2cscn2)c1. The molecule has 1 aromatic heterocycles. The molecule has 1 atom stereocenters. The van der Waals surface area contributed by atoms with Gasteiger partial charge in [-0.25, -0.2) is 18.1 Å². The predicted molar refractivity (Wildman–Crippen MR) is 84.9 cm³/mol. The summed E-state index contributed by atoms with van der Waals surface area (Å²) in [6, 6.07) is 7.09. The Labute approximate surface area is 129 Å². The van der Waals surface area contributed by atoms with Crippen LogP contribution in [0.2, 0.25) is 0 Å². The number of aromatic nitrogens is 1. The van der Waals surface area contributed by atoms with Crippen molar-refractivity contribution < 1.29 is 8.42 Å². The lowest BCUT2D eigenvalue weighted by atomic mass is 10.1. The zero-order chi connectivity index (χ0) is 15.3. The standard InChI is InChI=1S/C14H19N3O2S2/c1-11(15-2)12-4-3-5-14(8-12)21(18,19)17-7-6-13-9-20-10-16-13/h3-5,8-11,15,17H,6-7H2,1-2H3. The smallest absolute Gasteiger partial charge is 0.240 e. The number of hydrogen-bond donors (Lipinski definition) is 2. The van der Waals surface area contributed by atoms with Crippen LogP contribution in [0.5, 0.6) is 0 Å². The first-order valence-corrected chi connectivity index (χ1v) is 9.09. The number of benzene rings is 1. The van der Waals surface area contributed by atoms with Crippen LogP contribution in [0.4, 0.5) is 0 Å². The molecule has 0 amide bonds. The Hall–Kier alpha value is -1.28. The van der Waals surface area contributed by atoms with E-state index in [-0.39, 0.29) is 6.04 Å². The monoisotopic (exact) mass is 325 g/mol. The van der Waals surface area contributed by atoms with Crippen LogP contribution < -0.4 is 10.0 Å². The molecule has 0 saturated heterocycles. The third kappa shape index (κ3) is 4.34. The van der Waals surface area contributed by atoms with Crippen molar-refractivity contribution in [2.45, 2.75) is 24.3 Å².